The first kappa shape index (κ1) is 26.5. The molecule has 2 heterocycles. The van der Waals surface area contributed by atoms with Crippen LogP contribution < -0.4 is 0 Å². The number of ether oxygens (including phenoxy) is 1. The molecule has 0 saturated carbocycles. The van der Waals surface area contributed by atoms with Gasteiger partial charge < -0.3 is 14.5 Å². The normalized spacial score (nSPS) is 18.9. The molecule has 0 bridgehead atoms. The molecule has 0 radical (unpaired) electrons. The quantitative estimate of drug-likeness (QED) is 0.625. The molecule has 34 heavy (non-hydrogen) atoms. The van der Waals surface area contributed by atoms with E-state index in [1.165, 1.54) is 4.31 Å². The standard InChI is InChI=1S/C25H39N3O5S/c1-19(2)21-6-8-22(9-7-21)34(31,32)28-16-14-26(15-17-28)23(29)18-20-10-12-27(13-11-20)24(30)33-25(3,4)5/h6-9,19-20H,10-18H2,1-5H3. The van der Waals surface area contributed by atoms with E-state index < -0.39 is 15.6 Å². The zero-order valence-electron chi connectivity index (χ0n) is 21.1. The minimum absolute atomic E-state index is 0.0639. The molecule has 0 N–H and O–H groups in total. The van der Waals surface area contributed by atoms with Gasteiger partial charge in [0.1, 0.15) is 5.60 Å². The number of rotatable bonds is 5. The maximum Gasteiger partial charge on any atom is 0.410 e. The maximum absolute atomic E-state index is 13.0. The van der Waals surface area contributed by atoms with Crippen LogP contribution in [-0.4, -0.2) is 79.4 Å². The van der Waals surface area contributed by atoms with Crippen molar-refractivity contribution in [2.45, 2.75) is 70.3 Å². The van der Waals surface area contributed by atoms with Crippen LogP contribution in [0.2, 0.25) is 0 Å². The molecule has 1 aromatic rings. The van der Waals surface area contributed by atoms with Crippen LogP contribution in [0.4, 0.5) is 4.79 Å². The van der Waals surface area contributed by atoms with E-state index in [0.717, 1.165) is 18.4 Å². The Balaban J connectivity index is 1.46. The molecule has 1 aromatic carbocycles. The van der Waals surface area contributed by atoms with E-state index in [-0.39, 0.29) is 17.9 Å². The second-order valence-electron chi connectivity index (χ2n) is 10.6. The van der Waals surface area contributed by atoms with E-state index in [4.69, 9.17) is 4.74 Å². The Morgan fingerprint density at radius 1 is 0.941 bits per heavy atom. The lowest BCUT2D eigenvalue weighted by molar-refractivity contribution is -0.133. The van der Waals surface area contributed by atoms with Gasteiger partial charge in [-0.05, 0) is 63.1 Å². The van der Waals surface area contributed by atoms with Gasteiger partial charge in [-0.15, -0.1) is 0 Å². The highest BCUT2D eigenvalue weighted by molar-refractivity contribution is 7.89. The molecule has 0 atom stereocenters. The molecular formula is C25H39N3O5S. The van der Waals surface area contributed by atoms with Crippen molar-refractivity contribution in [2.24, 2.45) is 5.92 Å². The van der Waals surface area contributed by atoms with Gasteiger partial charge in [-0.25, -0.2) is 13.2 Å². The second kappa shape index (κ2) is 10.6. The summed E-state index contributed by atoms with van der Waals surface area (Å²) in [4.78, 5) is 28.9. The molecule has 2 fully saturated rings. The summed E-state index contributed by atoms with van der Waals surface area (Å²) in [7, 11) is -3.56. The number of hydrogen-bond acceptors (Lipinski definition) is 5. The van der Waals surface area contributed by atoms with E-state index in [1.54, 1.807) is 21.9 Å². The van der Waals surface area contributed by atoms with Gasteiger partial charge in [0.2, 0.25) is 15.9 Å². The fraction of sp³-hybridized carbons (Fsp3) is 0.680. The minimum Gasteiger partial charge on any atom is -0.444 e. The van der Waals surface area contributed by atoms with Gasteiger partial charge in [-0.3, -0.25) is 4.79 Å². The van der Waals surface area contributed by atoms with Crippen molar-refractivity contribution in [1.82, 2.24) is 14.1 Å². The molecule has 2 amide bonds. The highest BCUT2D eigenvalue weighted by Gasteiger charge is 2.32. The largest absolute Gasteiger partial charge is 0.444 e. The van der Waals surface area contributed by atoms with Crippen LogP contribution in [0.25, 0.3) is 0 Å². The Kier molecular flexibility index (Phi) is 8.29. The van der Waals surface area contributed by atoms with Gasteiger partial charge in [0.15, 0.2) is 0 Å². The van der Waals surface area contributed by atoms with Gasteiger partial charge >= 0.3 is 6.09 Å². The molecule has 8 nitrogen and oxygen atoms in total. The zero-order valence-corrected chi connectivity index (χ0v) is 21.9. The van der Waals surface area contributed by atoms with Crippen LogP contribution in [-0.2, 0) is 19.6 Å². The van der Waals surface area contributed by atoms with Gasteiger partial charge in [0.05, 0.1) is 4.90 Å². The van der Waals surface area contributed by atoms with Crippen molar-refractivity contribution in [3.63, 3.8) is 0 Å². The molecule has 2 aliphatic rings. The first-order valence-corrected chi connectivity index (χ1v) is 13.7. The number of sulfonamides is 1. The number of carbonyl (C=O) groups excluding carboxylic acids is 2. The van der Waals surface area contributed by atoms with Crippen LogP contribution in [0.15, 0.2) is 29.2 Å². The molecule has 0 unspecified atom stereocenters. The average molecular weight is 494 g/mol. The van der Waals surface area contributed by atoms with E-state index in [0.29, 0.717) is 56.5 Å². The summed E-state index contributed by atoms with van der Waals surface area (Å²) in [5.41, 5.74) is 0.586. The van der Waals surface area contributed by atoms with Gasteiger partial charge in [-0.2, -0.15) is 4.31 Å². The molecule has 190 valence electrons. The molecule has 3 rings (SSSR count). The van der Waals surface area contributed by atoms with Crippen molar-refractivity contribution in [3.8, 4) is 0 Å². The predicted molar refractivity (Wildman–Crippen MR) is 131 cm³/mol. The Bertz CT molecular complexity index is 953. The fourth-order valence-electron chi connectivity index (χ4n) is 4.37. The molecule has 2 saturated heterocycles. The molecule has 0 aliphatic carbocycles. The SMILES string of the molecule is CC(C)c1ccc(S(=O)(=O)N2CCN(C(=O)CC3CCN(C(=O)OC(C)(C)C)CC3)CC2)cc1. The fourth-order valence-corrected chi connectivity index (χ4v) is 5.80. The Morgan fingerprint density at radius 2 is 1.50 bits per heavy atom. The predicted octanol–water partition coefficient (Wildman–Crippen LogP) is 3.68. The summed E-state index contributed by atoms with van der Waals surface area (Å²) in [5, 5.41) is 0. The van der Waals surface area contributed by atoms with Crippen LogP contribution in [0.1, 0.15) is 65.4 Å². The lowest BCUT2D eigenvalue weighted by atomic mass is 9.93. The summed E-state index contributed by atoms with van der Waals surface area (Å²) in [6.45, 7) is 12.3. The summed E-state index contributed by atoms with van der Waals surface area (Å²) in [6, 6.07) is 7.08. The highest BCUT2D eigenvalue weighted by atomic mass is 32.2. The first-order chi connectivity index (χ1) is 15.9. The Morgan fingerprint density at radius 3 is 2.00 bits per heavy atom. The van der Waals surface area contributed by atoms with E-state index in [2.05, 4.69) is 13.8 Å². The van der Waals surface area contributed by atoms with Gasteiger partial charge in [0.25, 0.3) is 0 Å². The lowest BCUT2D eigenvalue weighted by Crippen LogP contribution is -2.51. The number of carbonyl (C=O) groups is 2. The number of hydrogen-bond donors (Lipinski definition) is 0. The number of benzene rings is 1. The van der Waals surface area contributed by atoms with Crippen molar-refractivity contribution < 1.29 is 22.7 Å². The highest BCUT2D eigenvalue weighted by Crippen LogP contribution is 2.25. The third kappa shape index (κ3) is 6.72. The lowest BCUT2D eigenvalue weighted by Gasteiger charge is -2.36. The molecule has 2 aliphatic heterocycles. The molecular weight excluding hydrogens is 454 g/mol. The average Bonchev–Trinajstić information content (AvgIpc) is 2.78. The zero-order chi connectivity index (χ0) is 25.1. The molecule has 9 heteroatoms. The topological polar surface area (TPSA) is 87.2 Å². The third-order valence-electron chi connectivity index (χ3n) is 6.51. The van der Waals surface area contributed by atoms with Gasteiger partial charge in [-0.1, -0.05) is 26.0 Å². The number of piperidine rings is 1. The maximum atomic E-state index is 13.0. The molecule has 0 spiro atoms. The number of piperazine rings is 1. The number of amides is 2. The summed E-state index contributed by atoms with van der Waals surface area (Å²) < 4.78 is 32.9. The number of nitrogens with zero attached hydrogens (tertiary/aromatic N) is 3. The molecule has 0 aromatic heterocycles. The van der Waals surface area contributed by atoms with Crippen molar-refractivity contribution in [3.05, 3.63) is 29.8 Å². The Labute approximate surface area is 204 Å². The van der Waals surface area contributed by atoms with Crippen molar-refractivity contribution in [1.29, 1.82) is 0 Å². The summed E-state index contributed by atoms with van der Waals surface area (Å²) in [5.74, 6) is 0.636. The van der Waals surface area contributed by atoms with Crippen molar-refractivity contribution in [2.75, 3.05) is 39.3 Å². The monoisotopic (exact) mass is 493 g/mol. The summed E-state index contributed by atoms with van der Waals surface area (Å²) in [6.07, 6.45) is 1.68. The smallest absolute Gasteiger partial charge is 0.410 e. The van der Waals surface area contributed by atoms with Crippen LogP contribution in [0, 0.1) is 5.92 Å². The number of likely N-dealkylation sites (tertiary alicyclic amines) is 1. The van der Waals surface area contributed by atoms with Crippen LogP contribution in [0.5, 0.6) is 0 Å². The van der Waals surface area contributed by atoms with E-state index >= 15 is 0 Å². The van der Waals surface area contributed by atoms with E-state index in [9.17, 15) is 18.0 Å². The van der Waals surface area contributed by atoms with Gasteiger partial charge in [0, 0.05) is 45.7 Å². The first-order valence-electron chi connectivity index (χ1n) is 12.2. The second-order valence-corrected chi connectivity index (χ2v) is 12.6. The van der Waals surface area contributed by atoms with Crippen molar-refractivity contribution >= 4 is 22.0 Å². The van der Waals surface area contributed by atoms with E-state index in [1.807, 2.05) is 32.9 Å². The van der Waals surface area contributed by atoms with Crippen LogP contribution in [0.3, 0.4) is 0 Å². The minimum atomic E-state index is -3.56. The summed E-state index contributed by atoms with van der Waals surface area (Å²) >= 11 is 0. The van der Waals surface area contributed by atoms with Crippen LogP contribution >= 0.6 is 0 Å². The third-order valence-corrected chi connectivity index (χ3v) is 8.42. The Hall–Kier alpha value is -2.13.